The van der Waals surface area contributed by atoms with Gasteiger partial charge in [-0.05, 0) is 57.6 Å². The van der Waals surface area contributed by atoms with Gasteiger partial charge in [0, 0.05) is 35.0 Å². The highest BCUT2D eigenvalue weighted by molar-refractivity contribution is 7.90. The number of ether oxygens (including phenoxy) is 1. The molecule has 0 aliphatic carbocycles. The quantitative estimate of drug-likeness (QED) is 0.414. The summed E-state index contributed by atoms with van der Waals surface area (Å²) in [6, 6.07) is 14.0. The lowest BCUT2D eigenvalue weighted by Crippen LogP contribution is -2.37. The second-order valence-corrected chi connectivity index (χ2v) is 9.65. The maximum atomic E-state index is 13.1. The molecule has 0 spiro atoms. The van der Waals surface area contributed by atoms with Crippen LogP contribution in [0, 0.1) is 6.92 Å². The normalized spacial score (nSPS) is 13.0. The average Bonchev–Trinajstić information content (AvgIpc) is 3.05. The number of Topliss-reactive ketones (excluding diaryl/α,β-unsaturated/α-hetero) is 1. The number of fused-ring (bicyclic) bond motifs is 1. The van der Waals surface area contributed by atoms with Crippen LogP contribution in [0.2, 0.25) is 0 Å². The van der Waals surface area contributed by atoms with Crippen LogP contribution >= 0.6 is 0 Å². The second kappa shape index (κ2) is 9.02. The van der Waals surface area contributed by atoms with Gasteiger partial charge in [0.15, 0.2) is 15.6 Å². The topological polar surface area (TPSA) is 79.5 Å². The maximum Gasteiger partial charge on any atom is 0.182 e. The van der Waals surface area contributed by atoms with Crippen LogP contribution in [0.15, 0.2) is 53.4 Å². The predicted molar refractivity (Wildman–Crippen MR) is 119 cm³/mol. The van der Waals surface area contributed by atoms with Crippen molar-refractivity contribution in [3.8, 4) is 5.75 Å². The van der Waals surface area contributed by atoms with Crippen LogP contribution in [-0.2, 0) is 9.84 Å². The zero-order valence-electron chi connectivity index (χ0n) is 17.8. The maximum absolute atomic E-state index is 13.1. The minimum absolute atomic E-state index is 0.102. The zero-order valence-corrected chi connectivity index (χ0v) is 18.6. The second-order valence-electron chi connectivity index (χ2n) is 7.64. The Morgan fingerprint density at radius 3 is 2.47 bits per heavy atom. The fourth-order valence-corrected chi connectivity index (χ4v) is 4.11. The molecule has 3 aromatic rings. The summed E-state index contributed by atoms with van der Waals surface area (Å²) in [6.07, 6.45) is 1.92. The lowest BCUT2D eigenvalue weighted by atomic mass is 10.0. The molecule has 160 valence electrons. The monoisotopic (exact) mass is 428 g/mol. The van der Waals surface area contributed by atoms with E-state index in [0.29, 0.717) is 18.9 Å². The molecule has 1 N–H and O–H groups in total. The molecule has 0 amide bonds. The molecule has 1 atom stereocenters. The van der Waals surface area contributed by atoms with Gasteiger partial charge in [-0.3, -0.25) is 9.69 Å². The Morgan fingerprint density at radius 1 is 1.13 bits per heavy atom. The number of likely N-dealkylation sites (N-methyl/N-ethyl adjacent to an activating group) is 1. The van der Waals surface area contributed by atoms with Crippen LogP contribution < -0.4 is 4.74 Å². The van der Waals surface area contributed by atoms with Crippen LogP contribution in [0.4, 0.5) is 0 Å². The van der Waals surface area contributed by atoms with Crippen molar-refractivity contribution in [2.45, 2.75) is 31.2 Å². The van der Waals surface area contributed by atoms with Gasteiger partial charge in [-0.25, -0.2) is 8.42 Å². The van der Waals surface area contributed by atoms with Crippen LogP contribution in [0.5, 0.6) is 5.75 Å². The Labute approximate surface area is 177 Å². The van der Waals surface area contributed by atoms with Gasteiger partial charge in [0.2, 0.25) is 0 Å². The first-order chi connectivity index (χ1) is 14.2. The Balaban J connectivity index is 1.54. The zero-order chi connectivity index (χ0) is 21.9. The molecule has 30 heavy (non-hydrogen) atoms. The molecule has 6 nitrogen and oxygen atoms in total. The first-order valence-corrected chi connectivity index (χ1v) is 11.8. The number of aromatic amines is 1. The number of aromatic nitrogens is 1. The SMILES string of the molecule is Cc1[nH]c2ccccc2c1C(=O)C(C)N(C)CCCOc1ccc(S(C)(=O)=O)cc1. The van der Waals surface area contributed by atoms with Crippen molar-refractivity contribution in [1.82, 2.24) is 9.88 Å². The highest BCUT2D eigenvalue weighted by Crippen LogP contribution is 2.24. The lowest BCUT2D eigenvalue weighted by Gasteiger charge is -2.23. The molecular weight excluding hydrogens is 400 g/mol. The Morgan fingerprint density at radius 2 is 1.80 bits per heavy atom. The fraction of sp³-hybridized carbons (Fsp3) is 0.348. The molecule has 0 bridgehead atoms. The van der Waals surface area contributed by atoms with Gasteiger partial charge in [-0.15, -0.1) is 0 Å². The van der Waals surface area contributed by atoms with Crippen LogP contribution in [0.3, 0.4) is 0 Å². The first kappa shape index (κ1) is 22.1. The van der Waals surface area contributed by atoms with Crippen molar-refractivity contribution >= 4 is 26.5 Å². The lowest BCUT2D eigenvalue weighted by molar-refractivity contribution is 0.0864. The van der Waals surface area contributed by atoms with Crippen molar-refractivity contribution in [2.75, 3.05) is 26.5 Å². The van der Waals surface area contributed by atoms with E-state index in [2.05, 4.69) is 4.98 Å². The van der Waals surface area contributed by atoms with E-state index in [1.165, 1.54) is 6.26 Å². The number of nitrogens with zero attached hydrogens (tertiary/aromatic N) is 1. The summed E-state index contributed by atoms with van der Waals surface area (Å²) < 4.78 is 28.7. The molecule has 2 aromatic carbocycles. The molecule has 0 saturated heterocycles. The van der Waals surface area contributed by atoms with Gasteiger partial charge >= 0.3 is 0 Å². The Hall–Kier alpha value is -2.64. The first-order valence-electron chi connectivity index (χ1n) is 9.93. The summed E-state index contributed by atoms with van der Waals surface area (Å²) in [7, 11) is -1.27. The summed E-state index contributed by atoms with van der Waals surface area (Å²) in [4.78, 5) is 18.7. The van der Waals surface area contributed by atoms with E-state index in [1.54, 1.807) is 24.3 Å². The van der Waals surface area contributed by atoms with Crippen molar-refractivity contribution < 1.29 is 17.9 Å². The third-order valence-corrected chi connectivity index (χ3v) is 6.48. The summed E-state index contributed by atoms with van der Waals surface area (Å²) in [5.41, 5.74) is 2.62. The minimum atomic E-state index is -3.21. The summed E-state index contributed by atoms with van der Waals surface area (Å²) >= 11 is 0. The molecule has 3 rings (SSSR count). The number of hydrogen-bond donors (Lipinski definition) is 1. The molecule has 7 heteroatoms. The van der Waals surface area contributed by atoms with Crippen LogP contribution in [-0.4, -0.2) is 56.6 Å². The van der Waals surface area contributed by atoms with Gasteiger partial charge in [0.05, 0.1) is 17.5 Å². The third kappa shape index (κ3) is 4.91. The summed E-state index contributed by atoms with van der Waals surface area (Å²) in [5, 5.41) is 0.959. The van der Waals surface area contributed by atoms with E-state index in [9.17, 15) is 13.2 Å². The number of carbonyl (C=O) groups excluding carboxylic acids is 1. The number of para-hydroxylation sites is 1. The number of benzene rings is 2. The van der Waals surface area contributed by atoms with Gasteiger partial charge in [-0.2, -0.15) is 0 Å². The van der Waals surface area contributed by atoms with Crippen LogP contribution in [0.1, 0.15) is 29.4 Å². The average molecular weight is 429 g/mol. The van der Waals surface area contributed by atoms with Crippen LogP contribution in [0.25, 0.3) is 10.9 Å². The largest absolute Gasteiger partial charge is 0.494 e. The minimum Gasteiger partial charge on any atom is -0.494 e. The van der Waals surface area contributed by atoms with Gasteiger partial charge in [-0.1, -0.05) is 18.2 Å². The Kier molecular flexibility index (Phi) is 6.63. The smallest absolute Gasteiger partial charge is 0.182 e. The number of H-pyrrole nitrogens is 1. The fourth-order valence-electron chi connectivity index (χ4n) is 3.48. The number of hydrogen-bond acceptors (Lipinski definition) is 5. The standard InChI is InChI=1S/C23H28N2O4S/c1-16-22(20-8-5-6-9-21(20)24-16)23(26)17(2)25(3)14-7-15-29-18-10-12-19(13-11-18)30(4,27)28/h5-6,8-13,17,24H,7,14-15H2,1-4H3. The van der Waals surface area contributed by atoms with E-state index >= 15 is 0 Å². The highest BCUT2D eigenvalue weighted by atomic mass is 32.2. The number of sulfone groups is 1. The molecule has 0 aliphatic rings. The van der Waals surface area contributed by atoms with Gasteiger partial charge in [0.25, 0.3) is 0 Å². The number of carbonyl (C=O) groups is 1. The molecular formula is C23H28N2O4S. The van der Waals surface area contributed by atoms with Crippen molar-refractivity contribution in [1.29, 1.82) is 0 Å². The van der Waals surface area contributed by atoms with E-state index in [4.69, 9.17) is 4.74 Å². The summed E-state index contributed by atoms with van der Waals surface area (Å²) in [5.74, 6) is 0.730. The molecule has 0 radical (unpaired) electrons. The van der Waals surface area contributed by atoms with Crippen molar-refractivity contribution in [2.24, 2.45) is 0 Å². The van der Waals surface area contributed by atoms with Crippen molar-refractivity contribution in [3.63, 3.8) is 0 Å². The van der Waals surface area contributed by atoms with Gasteiger partial charge < -0.3 is 9.72 Å². The van der Waals surface area contributed by atoms with E-state index < -0.39 is 9.84 Å². The van der Waals surface area contributed by atoms with E-state index in [1.807, 2.05) is 50.1 Å². The molecule has 1 aromatic heterocycles. The predicted octanol–water partition coefficient (Wildman–Crippen LogP) is 3.85. The Bertz CT molecular complexity index is 1130. The molecule has 1 unspecified atom stereocenters. The molecule has 0 fully saturated rings. The number of nitrogens with one attached hydrogen (secondary N) is 1. The van der Waals surface area contributed by atoms with Gasteiger partial charge in [0.1, 0.15) is 5.75 Å². The van der Waals surface area contributed by atoms with E-state index in [0.717, 1.165) is 28.6 Å². The number of ketones is 1. The van der Waals surface area contributed by atoms with E-state index in [-0.39, 0.29) is 16.7 Å². The highest BCUT2D eigenvalue weighted by Gasteiger charge is 2.24. The summed E-state index contributed by atoms with van der Waals surface area (Å²) in [6.45, 7) is 5.04. The number of rotatable bonds is 9. The third-order valence-electron chi connectivity index (χ3n) is 5.36. The molecule has 0 aliphatic heterocycles. The molecule has 0 saturated carbocycles. The number of aryl methyl sites for hydroxylation is 1. The van der Waals surface area contributed by atoms with Crippen molar-refractivity contribution in [3.05, 3.63) is 59.8 Å². The molecule has 1 heterocycles.